The molecule has 0 spiro atoms. The number of hydrogen-bond acceptors (Lipinski definition) is 2. The molecule has 0 radical (unpaired) electrons. The molecule has 2 bridgehead atoms. The molecule has 2 saturated heterocycles. The maximum Gasteiger partial charge on any atom is 0.137 e. The van der Waals surface area contributed by atoms with E-state index in [1.165, 1.54) is 18.4 Å². The van der Waals surface area contributed by atoms with Crippen LogP contribution in [0.1, 0.15) is 49.7 Å². The zero-order valence-electron chi connectivity index (χ0n) is 13.8. The Morgan fingerprint density at radius 2 is 2.05 bits per heavy atom. The van der Waals surface area contributed by atoms with Gasteiger partial charge in [-0.05, 0) is 49.3 Å². The summed E-state index contributed by atoms with van der Waals surface area (Å²) in [5.41, 5.74) is 2.49. The molecule has 2 heteroatoms. The third-order valence-electron chi connectivity index (χ3n) is 5.74. The second-order valence-electron chi connectivity index (χ2n) is 7.01. The monoisotopic (exact) mass is 297 g/mol. The third-order valence-corrected chi connectivity index (χ3v) is 5.74. The zero-order valence-corrected chi connectivity index (χ0v) is 13.8. The molecule has 4 atom stereocenters. The molecule has 1 aromatic rings. The first-order chi connectivity index (χ1) is 10.6. The average molecular weight is 297 g/mol. The van der Waals surface area contributed by atoms with Crippen molar-refractivity contribution in [2.45, 2.75) is 44.6 Å². The molecule has 4 rings (SSSR count). The lowest BCUT2D eigenvalue weighted by Gasteiger charge is -2.37. The Balaban J connectivity index is 1.98. The van der Waals surface area contributed by atoms with Crippen molar-refractivity contribution in [3.63, 3.8) is 0 Å². The maximum atomic E-state index is 12.7. The van der Waals surface area contributed by atoms with E-state index in [0.29, 0.717) is 24.2 Å². The molecule has 2 unspecified atom stereocenters. The van der Waals surface area contributed by atoms with Crippen LogP contribution in [-0.4, -0.2) is 30.3 Å². The molecule has 3 fully saturated rings. The van der Waals surface area contributed by atoms with E-state index in [9.17, 15) is 4.79 Å². The Morgan fingerprint density at radius 3 is 2.64 bits per heavy atom. The first-order valence-corrected chi connectivity index (χ1v) is 8.59. The number of ketones is 1. The summed E-state index contributed by atoms with van der Waals surface area (Å²) >= 11 is 0. The number of carbonyl (C=O) groups excluding carboxylic acids is 1. The Labute approximate surface area is 134 Å². The Hall–Kier alpha value is -1.41. The molecular weight excluding hydrogens is 270 g/mol. The fourth-order valence-electron chi connectivity index (χ4n) is 4.58. The van der Waals surface area contributed by atoms with Gasteiger partial charge in [-0.15, -0.1) is 0 Å². The van der Waals surface area contributed by atoms with Gasteiger partial charge in [0.25, 0.3) is 0 Å². The minimum absolute atomic E-state index is 0.164. The van der Waals surface area contributed by atoms with Crippen LogP contribution in [0.15, 0.2) is 30.8 Å². The molecule has 1 aromatic carbocycles. The predicted octanol–water partition coefficient (Wildman–Crippen LogP) is 4.12. The second kappa shape index (κ2) is 6.37. The van der Waals surface area contributed by atoms with Crippen LogP contribution in [-0.2, 0) is 4.79 Å². The van der Waals surface area contributed by atoms with Crippen LogP contribution < -0.4 is 0 Å². The summed E-state index contributed by atoms with van der Waals surface area (Å²) in [4.78, 5) is 15.2. The SMILES string of the molecule is C=Cc1ccc([C@@H]2CC3CCC([C@@H]2C(=O)CC)N(C)C3)cc1. The summed E-state index contributed by atoms with van der Waals surface area (Å²) in [6.45, 7) is 6.99. The molecule has 118 valence electrons. The number of carbonyl (C=O) groups is 1. The molecule has 0 aromatic heterocycles. The number of Topliss-reactive ketones (excluding diaryl/α,β-unsaturated/α-hetero) is 1. The van der Waals surface area contributed by atoms with Crippen LogP contribution in [0.25, 0.3) is 6.08 Å². The summed E-state index contributed by atoms with van der Waals surface area (Å²) in [6, 6.07) is 9.11. The topological polar surface area (TPSA) is 20.3 Å². The van der Waals surface area contributed by atoms with Crippen molar-refractivity contribution in [2.24, 2.45) is 11.8 Å². The van der Waals surface area contributed by atoms with Crippen molar-refractivity contribution < 1.29 is 4.79 Å². The lowest BCUT2D eigenvalue weighted by molar-refractivity contribution is -0.125. The van der Waals surface area contributed by atoms with Gasteiger partial charge in [-0.3, -0.25) is 4.79 Å². The number of fused-ring (bicyclic) bond motifs is 4. The van der Waals surface area contributed by atoms with E-state index in [0.717, 1.165) is 24.4 Å². The molecular formula is C20H27NO. The van der Waals surface area contributed by atoms with Crippen molar-refractivity contribution >= 4 is 11.9 Å². The fourth-order valence-corrected chi connectivity index (χ4v) is 4.58. The molecule has 1 aliphatic carbocycles. The number of benzene rings is 1. The second-order valence-corrected chi connectivity index (χ2v) is 7.01. The van der Waals surface area contributed by atoms with Crippen molar-refractivity contribution in [3.05, 3.63) is 42.0 Å². The molecule has 22 heavy (non-hydrogen) atoms. The van der Waals surface area contributed by atoms with Gasteiger partial charge in [0, 0.05) is 24.9 Å². The molecule has 0 N–H and O–H groups in total. The van der Waals surface area contributed by atoms with Gasteiger partial charge in [0.2, 0.25) is 0 Å². The van der Waals surface area contributed by atoms with Crippen LogP contribution in [0.3, 0.4) is 0 Å². The molecule has 2 aliphatic heterocycles. The average Bonchev–Trinajstić information content (AvgIpc) is 2.81. The third kappa shape index (κ3) is 2.77. The predicted molar refractivity (Wildman–Crippen MR) is 91.8 cm³/mol. The summed E-state index contributed by atoms with van der Waals surface area (Å²) in [7, 11) is 2.20. The molecule has 3 aliphatic rings. The highest BCUT2D eigenvalue weighted by molar-refractivity contribution is 5.82. The standard InChI is InChI=1S/C20H27NO/c1-4-14-6-9-16(10-7-14)17-12-15-8-11-18(21(3)13-15)20(17)19(22)5-2/h4,6-7,9-10,15,17-18,20H,1,5,8,11-13H2,2-3H3/t15?,17-,18?,20+/m0/s1. The summed E-state index contributed by atoms with van der Waals surface area (Å²) in [6.07, 6.45) is 6.15. The van der Waals surface area contributed by atoms with E-state index in [-0.39, 0.29) is 5.92 Å². The summed E-state index contributed by atoms with van der Waals surface area (Å²) < 4.78 is 0. The Morgan fingerprint density at radius 1 is 1.32 bits per heavy atom. The lowest BCUT2D eigenvalue weighted by atomic mass is 9.77. The minimum atomic E-state index is 0.164. The van der Waals surface area contributed by atoms with Gasteiger partial charge in [0.15, 0.2) is 0 Å². The van der Waals surface area contributed by atoms with E-state index < -0.39 is 0 Å². The van der Waals surface area contributed by atoms with Gasteiger partial charge in [-0.2, -0.15) is 0 Å². The highest BCUT2D eigenvalue weighted by Gasteiger charge is 2.44. The van der Waals surface area contributed by atoms with Crippen molar-refractivity contribution in [1.29, 1.82) is 0 Å². The minimum Gasteiger partial charge on any atom is -0.302 e. The highest BCUT2D eigenvalue weighted by atomic mass is 16.1. The Kier molecular flexibility index (Phi) is 4.49. The van der Waals surface area contributed by atoms with E-state index in [2.05, 4.69) is 42.8 Å². The number of rotatable bonds is 4. The van der Waals surface area contributed by atoms with Crippen LogP contribution in [0.4, 0.5) is 0 Å². The zero-order chi connectivity index (χ0) is 15.7. The van der Waals surface area contributed by atoms with E-state index >= 15 is 0 Å². The smallest absolute Gasteiger partial charge is 0.137 e. The number of hydrogen-bond donors (Lipinski definition) is 0. The Bertz CT molecular complexity index is 547. The first kappa shape index (κ1) is 15.5. The first-order valence-electron chi connectivity index (χ1n) is 8.59. The molecule has 1 saturated carbocycles. The summed E-state index contributed by atoms with van der Waals surface area (Å²) in [5.74, 6) is 1.73. The highest BCUT2D eigenvalue weighted by Crippen LogP contribution is 2.45. The fraction of sp³-hybridized carbons (Fsp3) is 0.550. The van der Waals surface area contributed by atoms with Crippen molar-refractivity contribution in [1.82, 2.24) is 4.90 Å². The normalized spacial score (nSPS) is 31.7. The van der Waals surface area contributed by atoms with Gasteiger partial charge < -0.3 is 4.90 Å². The maximum absolute atomic E-state index is 12.7. The van der Waals surface area contributed by atoms with Crippen LogP contribution >= 0.6 is 0 Å². The largest absolute Gasteiger partial charge is 0.302 e. The van der Waals surface area contributed by atoms with Gasteiger partial charge in [0.1, 0.15) is 5.78 Å². The van der Waals surface area contributed by atoms with Crippen LogP contribution in [0.2, 0.25) is 0 Å². The van der Waals surface area contributed by atoms with Crippen LogP contribution in [0.5, 0.6) is 0 Å². The number of nitrogens with zero attached hydrogens (tertiary/aromatic N) is 1. The van der Waals surface area contributed by atoms with Gasteiger partial charge in [-0.25, -0.2) is 0 Å². The molecule has 2 heterocycles. The van der Waals surface area contributed by atoms with E-state index in [1.54, 1.807) is 0 Å². The van der Waals surface area contributed by atoms with Gasteiger partial charge in [-0.1, -0.05) is 43.8 Å². The summed E-state index contributed by atoms with van der Waals surface area (Å²) in [5, 5.41) is 0. The van der Waals surface area contributed by atoms with E-state index in [1.807, 2.05) is 13.0 Å². The quantitative estimate of drug-likeness (QED) is 0.833. The molecule has 0 amide bonds. The number of piperidine rings is 1. The lowest BCUT2D eigenvalue weighted by Crippen LogP contribution is -2.45. The van der Waals surface area contributed by atoms with Gasteiger partial charge >= 0.3 is 0 Å². The van der Waals surface area contributed by atoms with Crippen molar-refractivity contribution in [3.8, 4) is 0 Å². The van der Waals surface area contributed by atoms with Crippen LogP contribution in [0, 0.1) is 11.8 Å². The van der Waals surface area contributed by atoms with E-state index in [4.69, 9.17) is 0 Å². The van der Waals surface area contributed by atoms with Gasteiger partial charge in [0.05, 0.1) is 0 Å². The van der Waals surface area contributed by atoms with Crippen molar-refractivity contribution in [2.75, 3.05) is 13.6 Å². The molecule has 2 nitrogen and oxygen atoms in total.